The summed E-state index contributed by atoms with van der Waals surface area (Å²) in [5.74, 6) is 1.78. The molecule has 0 atom stereocenters. The molecule has 0 aliphatic carbocycles. The van der Waals surface area contributed by atoms with Crippen molar-refractivity contribution in [3.63, 3.8) is 0 Å². The van der Waals surface area contributed by atoms with Crippen molar-refractivity contribution in [3.05, 3.63) is 24.2 Å². The summed E-state index contributed by atoms with van der Waals surface area (Å²) >= 11 is 0. The molecular formula is C10H18O. The van der Waals surface area contributed by atoms with E-state index < -0.39 is 0 Å². The Balaban J connectivity index is 0.000000461. The second-order valence-electron chi connectivity index (χ2n) is 2.68. The molecule has 0 N–H and O–H groups in total. The molecule has 0 aromatic carbocycles. The number of hydrogen-bond donors (Lipinski definition) is 0. The van der Waals surface area contributed by atoms with Crippen molar-refractivity contribution in [3.8, 4) is 0 Å². The van der Waals surface area contributed by atoms with E-state index in [9.17, 15) is 0 Å². The van der Waals surface area contributed by atoms with Crippen LogP contribution in [0.5, 0.6) is 0 Å². The van der Waals surface area contributed by atoms with Gasteiger partial charge in [0.15, 0.2) is 0 Å². The van der Waals surface area contributed by atoms with Gasteiger partial charge in [0.05, 0.1) is 6.26 Å². The number of rotatable bonds is 2. The SMILES string of the molecule is CC.CC(C)Cc1ccco1. The molecule has 1 nitrogen and oxygen atoms in total. The van der Waals surface area contributed by atoms with Crippen LogP contribution in [0.2, 0.25) is 0 Å². The Morgan fingerprint density at radius 2 is 2.00 bits per heavy atom. The maximum Gasteiger partial charge on any atom is 0.104 e. The van der Waals surface area contributed by atoms with Crippen molar-refractivity contribution in [2.24, 2.45) is 5.92 Å². The second kappa shape index (κ2) is 6.02. The van der Waals surface area contributed by atoms with E-state index in [4.69, 9.17) is 4.42 Å². The van der Waals surface area contributed by atoms with Crippen LogP contribution < -0.4 is 0 Å². The van der Waals surface area contributed by atoms with Crippen LogP contribution in [0.1, 0.15) is 33.5 Å². The van der Waals surface area contributed by atoms with E-state index in [2.05, 4.69) is 13.8 Å². The van der Waals surface area contributed by atoms with E-state index in [1.54, 1.807) is 6.26 Å². The lowest BCUT2D eigenvalue weighted by atomic mass is 10.1. The smallest absolute Gasteiger partial charge is 0.104 e. The van der Waals surface area contributed by atoms with Crippen LogP contribution in [0.25, 0.3) is 0 Å². The van der Waals surface area contributed by atoms with Crippen LogP contribution in [0.15, 0.2) is 22.8 Å². The summed E-state index contributed by atoms with van der Waals surface area (Å²) in [6.07, 6.45) is 2.77. The molecule has 0 bridgehead atoms. The van der Waals surface area contributed by atoms with Gasteiger partial charge in [-0.25, -0.2) is 0 Å². The van der Waals surface area contributed by atoms with Gasteiger partial charge >= 0.3 is 0 Å². The topological polar surface area (TPSA) is 13.1 Å². The first-order valence-corrected chi connectivity index (χ1v) is 4.31. The third-order valence-electron chi connectivity index (χ3n) is 1.19. The van der Waals surface area contributed by atoms with Gasteiger partial charge in [0, 0.05) is 6.42 Å². The third kappa shape index (κ3) is 4.65. The van der Waals surface area contributed by atoms with Crippen molar-refractivity contribution in [2.45, 2.75) is 34.1 Å². The predicted octanol–water partition coefficient (Wildman–Crippen LogP) is 3.50. The summed E-state index contributed by atoms with van der Waals surface area (Å²) in [6, 6.07) is 3.94. The zero-order chi connectivity index (χ0) is 8.69. The molecule has 0 aliphatic heterocycles. The summed E-state index contributed by atoms with van der Waals surface area (Å²) in [7, 11) is 0. The third-order valence-corrected chi connectivity index (χ3v) is 1.19. The first-order valence-electron chi connectivity index (χ1n) is 4.31. The maximum atomic E-state index is 5.14. The fourth-order valence-corrected chi connectivity index (χ4v) is 0.831. The molecule has 0 fully saturated rings. The molecule has 1 heteroatoms. The van der Waals surface area contributed by atoms with Crippen LogP contribution in [0.3, 0.4) is 0 Å². The average molecular weight is 154 g/mol. The van der Waals surface area contributed by atoms with Gasteiger partial charge in [-0.1, -0.05) is 27.7 Å². The lowest BCUT2D eigenvalue weighted by Crippen LogP contribution is -1.90. The van der Waals surface area contributed by atoms with E-state index in [1.807, 2.05) is 26.0 Å². The molecule has 1 aromatic heterocycles. The quantitative estimate of drug-likeness (QED) is 0.635. The van der Waals surface area contributed by atoms with Gasteiger partial charge in [0.25, 0.3) is 0 Å². The summed E-state index contributed by atoms with van der Waals surface area (Å²) in [5, 5.41) is 0. The van der Waals surface area contributed by atoms with Crippen LogP contribution in [0, 0.1) is 5.92 Å². The van der Waals surface area contributed by atoms with E-state index in [0.29, 0.717) is 5.92 Å². The Morgan fingerprint density at radius 1 is 1.36 bits per heavy atom. The van der Waals surface area contributed by atoms with E-state index in [-0.39, 0.29) is 0 Å². The predicted molar refractivity (Wildman–Crippen MR) is 48.6 cm³/mol. The highest BCUT2D eigenvalue weighted by atomic mass is 16.3. The van der Waals surface area contributed by atoms with E-state index >= 15 is 0 Å². The minimum absolute atomic E-state index is 0.691. The van der Waals surface area contributed by atoms with Gasteiger partial charge in [-0.15, -0.1) is 0 Å². The Morgan fingerprint density at radius 3 is 2.36 bits per heavy atom. The zero-order valence-corrected chi connectivity index (χ0v) is 7.92. The van der Waals surface area contributed by atoms with Gasteiger partial charge in [0.1, 0.15) is 5.76 Å². The zero-order valence-electron chi connectivity index (χ0n) is 7.92. The van der Waals surface area contributed by atoms with Crippen molar-refractivity contribution in [1.29, 1.82) is 0 Å². The Bertz CT molecular complexity index is 151. The van der Waals surface area contributed by atoms with Crippen molar-refractivity contribution in [1.82, 2.24) is 0 Å². The molecule has 1 aromatic rings. The standard InChI is InChI=1S/C8H12O.C2H6/c1-7(2)6-8-4-3-5-9-8;1-2/h3-5,7H,6H2,1-2H3;1-2H3. The Kier molecular flexibility index (Phi) is 5.63. The van der Waals surface area contributed by atoms with Crippen molar-refractivity contribution in [2.75, 3.05) is 0 Å². The molecule has 0 saturated heterocycles. The highest BCUT2D eigenvalue weighted by Gasteiger charge is 1.97. The summed E-state index contributed by atoms with van der Waals surface area (Å²) < 4.78 is 5.14. The molecule has 64 valence electrons. The van der Waals surface area contributed by atoms with Gasteiger partial charge in [0.2, 0.25) is 0 Å². The molecule has 0 spiro atoms. The summed E-state index contributed by atoms with van der Waals surface area (Å²) in [4.78, 5) is 0. The highest BCUT2D eigenvalue weighted by Crippen LogP contribution is 2.06. The highest BCUT2D eigenvalue weighted by molar-refractivity contribution is 4.98. The van der Waals surface area contributed by atoms with Crippen LogP contribution >= 0.6 is 0 Å². The number of furan rings is 1. The maximum absolute atomic E-state index is 5.14. The summed E-state index contributed by atoms with van der Waals surface area (Å²) in [6.45, 7) is 8.37. The van der Waals surface area contributed by atoms with Crippen molar-refractivity contribution < 1.29 is 4.42 Å². The lowest BCUT2D eigenvalue weighted by molar-refractivity contribution is 0.472. The largest absolute Gasteiger partial charge is 0.469 e. The molecular weight excluding hydrogens is 136 g/mol. The first kappa shape index (κ1) is 10.3. The molecule has 0 unspecified atom stereocenters. The fraction of sp³-hybridized carbons (Fsp3) is 0.600. The molecule has 0 amide bonds. The normalized spacial score (nSPS) is 9.18. The number of hydrogen-bond acceptors (Lipinski definition) is 1. The van der Waals surface area contributed by atoms with Crippen LogP contribution in [-0.2, 0) is 6.42 Å². The molecule has 0 aliphatic rings. The minimum atomic E-state index is 0.691. The first-order chi connectivity index (χ1) is 5.29. The van der Waals surface area contributed by atoms with E-state index in [1.165, 1.54) is 0 Å². The fourth-order valence-electron chi connectivity index (χ4n) is 0.831. The molecule has 0 radical (unpaired) electrons. The van der Waals surface area contributed by atoms with Gasteiger partial charge in [-0.3, -0.25) is 0 Å². The second-order valence-corrected chi connectivity index (χ2v) is 2.68. The summed E-state index contributed by atoms with van der Waals surface area (Å²) in [5.41, 5.74) is 0. The monoisotopic (exact) mass is 154 g/mol. The van der Waals surface area contributed by atoms with Gasteiger partial charge in [-0.05, 0) is 18.1 Å². The van der Waals surface area contributed by atoms with Crippen LogP contribution in [-0.4, -0.2) is 0 Å². The molecule has 1 heterocycles. The molecule has 1 rings (SSSR count). The molecule has 11 heavy (non-hydrogen) atoms. The molecule has 0 saturated carbocycles. The minimum Gasteiger partial charge on any atom is -0.469 e. The average Bonchev–Trinajstić information content (AvgIpc) is 2.43. The van der Waals surface area contributed by atoms with Gasteiger partial charge in [-0.2, -0.15) is 0 Å². The Labute approximate surface area is 69.4 Å². The van der Waals surface area contributed by atoms with Crippen LogP contribution in [0.4, 0.5) is 0 Å². The van der Waals surface area contributed by atoms with Crippen molar-refractivity contribution >= 4 is 0 Å². The van der Waals surface area contributed by atoms with E-state index in [0.717, 1.165) is 12.2 Å². The van der Waals surface area contributed by atoms with Gasteiger partial charge < -0.3 is 4.42 Å². The lowest BCUT2D eigenvalue weighted by Gasteiger charge is -1.97. The Hall–Kier alpha value is -0.720.